The van der Waals surface area contributed by atoms with Crippen LogP contribution in [0.15, 0.2) is 36.4 Å². The zero-order valence-electron chi connectivity index (χ0n) is 10.3. The van der Waals surface area contributed by atoms with Gasteiger partial charge >= 0.3 is 125 Å². The summed E-state index contributed by atoms with van der Waals surface area (Å²) in [6.45, 7) is 2.44. The van der Waals surface area contributed by atoms with Gasteiger partial charge in [0.25, 0.3) is 0 Å². The van der Waals surface area contributed by atoms with Crippen LogP contribution in [0.3, 0.4) is 0 Å². The third kappa shape index (κ3) is 3.33. The number of aliphatic hydroxyl groups is 1. The molecule has 0 fully saturated rings. The minimum Gasteiger partial charge on any atom is -0.412 e. The molecule has 0 radical (unpaired) electrons. The zero-order chi connectivity index (χ0) is 12.5. The first-order valence-corrected chi connectivity index (χ1v) is 10.8. The average Bonchev–Trinajstić information content (AvgIpc) is 3.07. The van der Waals surface area contributed by atoms with Crippen LogP contribution < -0.4 is 0 Å². The van der Waals surface area contributed by atoms with Gasteiger partial charge in [0.15, 0.2) is 0 Å². The SMILES string of the molecule is Cc1ccc(-c2ccc(-c3ccc(CO)[se]3)[se]2)[se]1.O. The second-order valence-corrected chi connectivity index (χ2v) is 11.4. The molecule has 0 aliphatic rings. The van der Waals surface area contributed by atoms with Crippen LogP contribution in [0.5, 0.6) is 0 Å². The molecule has 0 saturated heterocycles. The Balaban J connectivity index is 0.00000133. The Bertz CT molecular complexity index is 664. The maximum absolute atomic E-state index is 9.15. The molecule has 0 aliphatic carbocycles. The van der Waals surface area contributed by atoms with E-state index in [1.807, 2.05) is 0 Å². The Morgan fingerprint density at radius 2 is 1.32 bits per heavy atom. The molecule has 0 atom stereocenters. The van der Waals surface area contributed by atoms with E-state index in [1.165, 1.54) is 17.7 Å². The Morgan fingerprint density at radius 1 is 0.789 bits per heavy atom. The minimum absolute atomic E-state index is 0. The Labute approximate surface area is 130 Å². The Hall–Kier alpha value is -0.0816. The Morgan fingerprint density at radius 3 is 1.84 bits per heavy atom. The van der Waals surface area contributed by atoms with Gasteiger partial charge in [0.1, 0.15) is 0 Å². The van der Waals surface area contributed by atoms with Gasteiger partial charge in [-0.15, -0.1) is 0 Å². The first-order valence-electron chi connectivity index (χ1n) is 5.63. The van der Waals surface area contributed by atoms with Gasteiger partial charge in [0.2, 0.25) is 0 Å². The van der Waals surface area contributed by atoms with Crippen LogP contribution in [0, 0.1) is 6.92 Å². The van der Waals surface area contributed by atoms with Crippen LogP contribution in [0.2, 0.25) is 0 Å². The fraction of sp³-hybridized carbons (Fsp3) is 0.143. The monoisotopic (exact) mass is 454 g/mol. The summed E-state index contributed by atoms with van der Waals surface area (Å²) in [7, 11) is 0. The molecule has 0 saturated carbocycles. The van der Waals surface area contributed by atoms with E-state index >= 15 is 0 Å². The summed E-state index contributed by atoms with van der Waals surface area (Å²) in [5.41, 5.74) is 0. The van der Waals surface area contributed by atoms with E-state index < -0.39 is 0 Å². The van der Waals surface area contributed by atoms with E-state index in [0.717, 1.165) is 0 Å². The number of aryl methyl sites for hydroxylation is 1. The summed E-state index contributed by atoms with van der Waals surface area (Å²) in [5.74, 6) is 0. The molecule has 0 unspecified atom stereocenters. The summed E-state index contributed by atoms with van der Waals surface area (Å²) < 4.78 is 8.82. The van der Waals surface area contributed by atoms with Crippen LogP contribution in [0.1, 0.15) is 8.87 Å². The molecule has 3 N–H and O–H groups in total. The van der Waals surface area contributed by atoms with Crippen molar-refractivity contribution >= 4 is 43.5 Å². The van der Waals surface area contributed by atoms with Gasteiger partial charge in [0.05, 0.1) is 0 Å². The molecule has 0 amide bonds. The molecule has 0 spiro atoms. The fourth-order valence-corrected chi connectivity index (χ4v) is 8.66. The first kappa shape index (κ1) is 15.3. The zero-order valence-corrected chi connectivity index (χ0v) is 15.5. The number of hydrogen-bond acceptors (Lipinski definition) is 1. The Kier molecular flexibility index (Phi) is 5.30. The normalized spacial score (nSPS) is 10.4. The summed E-state index contributed by atoms with van der Waals surface area (Å²) in [5, 5.41) is 9.15. The van der Waals surface area contributed by atoms with E-state index in [2.05, 4.69) is 43.3 Å². The van der Waals surface area contributed by atoms with Gasteiger partial charge in [-0.2, -0.15) is 0 Å². The quantitative estimate of drug-likeness (QED) is 0.598. The molecule has 3 aromatic heterocycles. The third-order valence-corrected chi connectivity index (χ3v) is 10.9. The van der Waals surface area contributed by atoms with Crippen molar-refractivity contribution in [3.05, 3.63) is 45.3 Å². The van der Waals surface area contributed by atoms with Crippen LogP contribution in [0.4, 0.5) is 0 Å². The van der Waals surface area contributed by atoms with Crippen LogP contribution in [-0.4, -0.2) is 54.1 Å². The van der Waals surface area contributed by atoms with Gasteiger partial charge in [-0.05, 0) is 0 Å². The van der Waals surface area contributed by atoms with Crippen molar-refractivity contribution in [1.29, 1.82) is 0 Å². The van der Waals surface area contributed by atoms with Crippen LogP contribution in [-0.2, 0) is 6.61 Å². The smallest absolute Gasteiger partial charge is 0.412 e. The largest absolute Gasteiger partial charge is 0.412 e. The van der Waals surface area contributed by atoms with Gasteiger partial charge in [-0.3, -0.25) is 0 Å². The third-order valence-electron chi connectivity index (χ3n) is 2.65. The van der Waals surface area contributed by atoms with E-state index in [9.17, 15) is 0 Å². The summed E-state index contributed by atoms with van der Waals surface area (Å²) in [6.07, 6.45) is 0. The number of rotatable bonds is 3. The molecule has 3 aromatic rings. The van der Waals surface area contributed by atoms with E-state index in [-0.39, 0.29) is 12.1 Å². The van der Waals surface area contributed by atoms with Gasteiger partial charge in [-0.25, -0.2) is 0 Å². The summed E-state index contributed by atoms with van der Waals surface area (Å²) in [6, 6.07) is 13.5. The van der Waals surface area contributed by atoms with Gasteiger partial charge in [0, 0.05) is 0 Å². The van der Waals surface area contributed by atoms with Crippen LogP contribution >= 0.6 is 0 Å². The summed E-state index contributed by atoms with van der Waals surface area (Å²) in [4.78, 5) is 0. The molecule has 5 heteroatoms. The van der Waals surface area contributed by atoms with Crippen molar-refractivity contribution < 1.29 is 10.6 Å². The standard InChI is InChI=1S/C14H12OSe3.H2O/c1-9-2-4-11(16-9)13-6-7-14(18-13)12-5-3-10(8-15)17-12;/h2-7,15H,8H2,1H3;1H2. The van der Waals surface area contributed by atoms with Gasteiger partial charge in [-0.1, -0.05) is 0 Å². The molecule has 0 bridgehead atoms. The molecular formula is C14H14O2Se3. The van der Waals surface area contributed by atoms with Crippen molar-refractivity contribution in [3.8, 4) is 17.7 Å². The van der Waals surface area contributed by atoms with Gasteiger partial charge < -0.3 is 5.48 Å². The number of aliphatic hydroxyl groups excluding tert-OH is 1. The van der Waals surface area contributed by atoms with Crippen molar-refractivity contribution in [2.45, 2.75) is 13.5 Å². The molecule has 2 nitrogen and oxygen atoms in total. The number of hydrogen-bond donors (Lipinski definition) is 1. The molecule has 0 aliphatic heterocycles. The second-order valence-electron chi connectivity index (χ2n) is 4.00. The predicted octanol–water partition coefficient (Wildman–Crippen LogP) is 1.17. The van der Waals surface area contributed by atoms with Crippen molar-refractivity contribution in [2.24, 2.45) is 0 Å². The first-order chi connectivity index (χ1) is 8.76. The van der Waals surface area contributed by atoms with E-state index in [0.29, 0.717) is 43.5 Å². The fourth-order valence-electron chi connectivity index (χ4n) is 1.77. The topological polar surface area (TPSA) is 51.7 Å². The van der Waals surface area contributed by atoms with Crippen LogP contribution in [0.25, 0.3) is 17.7 Å². The molecular weight excluding hydrogens is 437 g/mol. The molecule has 3 rings (SSSR count). The maximum atomic E-state index is 9.15. The van der Waals surface area contributed by atoms with Crippen molar-refractivity contribution in [1.82, 2.24) is 0 Å². The molecule has 100 valence electrons. The second kappa shape index (κ2) is 6.58. The molecule has 0 aromatic carbocycles. The van der Waals surface area contributed by atoms with E-state index in [1.54, 1.807) is 8.87 Å². The molecule has 19 heavy (non-hydrogen) atoms. The minimum atomic E-state index is 0. The predicted molar refractivity (Wildman–Crippen MR) is 82.4 cm³/mol. The molecule has 3 heterocycles. The summed E-state index contributed by atoms with van der Waals surface area (Å²) >= 11 is 1.38. The maximum Gasteiger partial charge on any atom is -0.412 e. The average molecular weight is 451 g/mol. The van der Waals surface area contributed by atoms with Crippen molar-refractivity contribution in [2.75, 3.05) is 0 Å². The van der Waals surface area contributed by atoms with Crippen molar-refractivity contribution in [3.63, 3.8) is 0 Å². The van der Waals surface area contributed by atoms with E-state index in [4.69, 9.17) is 5.11 Å².